The predicted octanol–water partition coefficient (Wildman–Crippen LogP) is 3.17. The summed E-state index contributed by atoms with van der Waals surface area (Å²) in [5.41, 5.74) is 8.30. The van der Waals surface area contributed by atoms with Gasteiger partial charge in [-0.15, -0.1) is 0 Å². The number of amides is 1. The molecule has 2 atom stereocenters. The molecule has 4 heteroatoms. The van der Waals surface area contributed by atoms with Gasteiger partial charge in [0.2, 0.25) is 5.91 Å². The number of aryl methyl sites for hydroxylation is 1. The first kappa shape index (κ1) is 18.0. The van der Waals surface area contributed by atoms with Crippen molar-refractivity contribution in [3.8, 4) is 5.75 Å². The Kier molecular flexibility index (Phi) is 6.38. The van der Waals surface area contributed by atoms with Gasteiger partial charge in [-0.1, -0.05) is 55.5 Å². The maximum atomic E-state index is 12.6. The van der Waals surface area contributed by atoms with Crippen molar-refractivity contribution in [1.82, 2.24) is 4.90 Å². The van der Waals surface area contributed by atoms with Crippen molar-refractivity contribution in [3.63, 3.8) is 0 Å². The van der Waals surface area contributed by atoms with Crippen LogP contribution in [0.4, 0.5) is 0 Å². The second kappa shape index (κ2) is 8.50. The maximum Gasteiger partial charge on any atom is 0.227 e. The lowest BCUT2D eigenvalue weighted by molar-refractivity contribution is -0.134. The Hall–Kier alpha value is -2.33. The molecular formula is C20H26N2O2. The van der Waals surface area contributed by atoms with Crippen LogP contribution >= 0.6 is 0 Å². The molecule has 0 saturated carbocycles. The Morgan fingerprint density at radius 3 is 2.42 bits per heavy atom. The summed E-state index contributed by atoms with van der Waals surface area (Å²) >= 11 is 0. The van der Waals surface area contributed by atoms with Crippen molar-refractivity contribution >= 4 is 5.91 Å². The van der Waals surface area contributed by atoms with E-state index in [9.17, 15) is 4.79 Å². The molecule has 0 aliphatic heterocycles. The first-order valence-electron chi connectivity index (χ1n) is 8.24. The number of carbonyl (C=O) groups excluding carboxylic acids is 1. The van der Waals surface area contributed by atoms with Crippen LogP contribution in [0.5, 0.6) is 5.75 Å². The number of nitrogens with zero attached hydrogens (tertiary/aromatic N) is 1. The van der Waals surface area contributed by atoms with Crippen LogP contribution in [0.1, 0.15) is 24.1 Å². The molecule has 128 valence electrons. The third kappa shape index (κ3) is 4.59. The summed E-state index contributed by atoms with van der Waals surface area (Å²) in [4.78, 5) is 14.2. The van der Waals surface area contributed by atoms with Crippen molar-refractivity contribution in [2.45, 2.75) is 19.9 Å². The molecule has 1 amide bonds. The summed E-state index contributed by atoms with van der Waals surface area (Å²) in [6.07, 6.45) is 0. The highest BCUT2D eigenvalue weighted by atomic mass is 16.5. The van der Waals surface area contributed by atoms with Crippen LogP contribution in [0.25, 0.3) is 0 Å². The molecule has 2 N–H and O–H groups in total. The molecule has 0 bridgehead atoms. The molecule has 2 aromatic rings. The lowest BCUT2D eigenvalue weighted by Crippen LogP contribution is -2.39. The van der Waals surface area contributed by atoms with E-state index in [-0.39, 0.29) is 17.9 Å². The SMILES string of the molecule is Cc1ccccc1OCCN(C)C(=O)C(C)C(N)c1ccccc1. The van der Waals surface area contributed by atoms with E-state index in [4.69, 9.17) is 10.5 Å². The molecule has 0 aliphatic rings. The fraction of sp³-hybridized carbons (Fsp3) is 0.350. The van der Waals surface area contributed by atoms with Crippen molar-refractivity contribution in [2.24, 2.45) is 11.7 Å². The van der Waals surface area contributed by atoms with Gasteiger partial charge in [0.25, 0.3) is 0 Å². The number of likely N-dealkylation sites (N-methyl/N-ethyl adjacent to an activating group) is 1. The molecule has 0 radical (unpaired) electrons. The zero-order valence-electron chi connectivity index (χ0n) is 14.6. The molecule has 0 heterocycles. The van der Waals surface area contributed by atoms with Gasteiger partial charge in [0.05, 0.1) is 12.5 Å². The van der Waals surface area contributed by atoms with Crippen LogP contribution < -0.4 is 10.5 Å². The van der Waals surface area contributed by atoms with E-state index in [1.165, 1.54) is 0 Å². The van der Waals surface area contributed by atoms with Crippen LogP contribution in [0.15, 0.2) is 54.6 Å². The number of para-hydroxylation sites is 1. The van der Waals surface area contributed by atoms with Crippen molar-refractivity contribution in [1.29, 1.82) is 0 Å². The van der Waals surface area contributed by atoms with Crippen molar-refractivity contribution in [3.05, 3.63) is 65.7 Å². The lowest BCUT2D eigenvalue weighted by atomic mass is 9.94. The number of nitrogens with two attached hydrogens (primary N) is 1. The fourth-order valence-electron chi connectivity index (χ4n) is 2.59. The summed E-state index contributed by atoms with van der Waals surface area (Å²) < 4.78 is 5.76. The minimum absolute atomic E-state index is 0.0275. The summed E-state index contributed by atoms with van der Waals surface area (Å²) in [6.45, 7) is 4.86. The quantitative estimate of drug-likeness (QED) is 0.850. The smallest absolute Gasteiger partial charge is 0.227 e. The van der Waals surface area contributed by atoms with E-state index in [1.54, 1.807) is 11.9 Å². The summed E-state index contributed by atoms with van der Waals surface area (Å²) in [5.74, 6) is 0.600. The van der Waals surface area contributed by atoms with E-state index in [1.807, 2.05) is 68.4 Å². The average Bonchev–Trinajstić information content (AvgIpc) is 2.62. The second-order valence-corrected chi connectivity index (χ2v) is 6.10. The van der Waals surface area contributed by atoms with Gasteiger partial charge in [-0.05, 0) is 24.1 Å². The third-order valence-corrected chi connectivity index (χ3v) is 4.27. The largest absolute Gasteiger partial charge is 0.491 e. The molecular weight excluding hydrogens is 300 g/mol. The fourth-order valence-corrected chi connectivity index (χ4v) is 2.59. The summed E-state index contributed by atoms with van der Waals surface area (Å²) in [5, 5.41) is 0. The molecule has 2 rings (SSSR count). The van der Waals surface area contributed by atoms with E-state index in [0.29, 0.717) is 13.2 Å². The van der Waals surface area contributed by atoms with E-state index in [0.717, 1.165) is 16.9 Å². The Bertz CT molecular complexity index is 658. The van der Waals surface area contributed by atoms with Gasteiger partial charge in [0, 0.05) is 13.1 Å². The highest BCUT2D eigenvalue weighted by Crippen LogP contribution is 2.21. The van der Waals surface area contributed by atoms with Crippen LogP contribution in [0.3, 0.4) is 0 Å². The molecule has 0 aromatic heterocycles. The molecule has 24 heavy (non-hydrogen) atoms. The maximum absolute atomic E-state index is 12.6. The van der Waals surface area contributed by atoms with Crippen LogP contribution in [0, 0.1) is 12.8 Å². The number of hydrogen-bond acceptors (Lipinski definition) is 3. The Morgan fingerprint density at radius 1 is 1.12 bits per heavy atom. The average molecular weight is 326 g/mol. The number of ether oxygens (including phenoxy) is 1. The van der Waals surface area contributed by atoms with E-state index < -0.39 is 0 Å². The third-order valence-electron chi connectivity index (χ3n) is 4.27. The van der Waals surface area contributed by atoms with Crippen LogP contribution in [0.2, 0.25) is 0 Å². The zero-order valence-corrected chi connectivity index (χ0v) is 14.6. The van der Waals surface area contributed by atoms with E-state index in [2.05, 4.69) is 0 Å². The van der Waals surface area contributed by atoms with Crippen LogP contribution in [-0.2, 0) is 4.79 Å². The van der Waals surface area contributed by atoms with Gasteiger partial charge in [-0.25, -0.2) is 0 Å². The minimum atomic E-state index is -0.307. The van der Waals surface area contributed by atoms with Crippen molar-refractivity contribution < 1.29 is 9.53 Å². The number of carbonyl (C=O) groups is 1. The van der Waals surface area contributed by atoms with Gasteiger partial charge in [0.15, 0.2) is 0 Å². The molecule has 0 aliphatic carbocycles. The van der Waals surface area contributed by atoms with Gasteiger partial charge in [-0.3, -0.25) is 4.79 Å². The van der Waals surface area contributed by atoms with Gasteiger partial charge < -0.3 is 15.4 Å². The standard InChI is InChI=1S/C20H26N2O2/c1-15-9-7-8-12-18(15)24-14-13-22(3)20(23)16(2)19(21)17-10-5-4-6-11-17/h4-12,16,19H,13-14,21H2,1-3H3. The highest BCUT2D eigenvalue weighted by Gasteiger charge is 2.24. The number of rotatable bonds is 7. The second-order valence-electron chi connectivity index (χ2n) is 6.10. The van der Waals surface area contributed by atoms with Crippen LogP contribution in [-0.4, -0.2) is 31.0 Å². The first-order chi connectivity index (χ1) is 11.5. The monoisotopic (exact) mass is 326 g/mol. The first-order valence-corrected chi connectivity index (χ1v) is 8.24. The van der Waals surface area contributed by atoms with Crippen molar-refractivity contribution in [2.75, 3.05) is 20.2 Å². The predicted molar refractivity (Wildman–Crippen MR) is 96.8 cm³/mol. The Balaban J connectivity index is 1.86. The van der Waals surface area contributed by atoms with Gasteiger partial charge in [0.1, 0.15) is 12.4 Å². The molecule has 2 aromatic carbocycles. The molecule has 2 unspecified atom stereocenters. The van der Waals surface area contributed by atoms with Gasteiger partial charge in [-0.2, -0.15) is 0 Å². The highest BCUT2D eigenvalue weighted by molar-refractivity contribution is 5.79. The number of hydrogen-bond donors (Lipinski definition) is 1. The Labute approximate surface area is 144 Å². The topological polar surface area (TPSA) is 55.6 Å². The summed E-state index contributed by atoms with van der Waals surface area (Å²) in [7, 11) is 1.79. The summed E-state index contributed by atoms with van der Waals surface area (Å²) in [6, 6.07) is 17.3. The molecule has 0 fully saturated rings. The van der Waals surface area contributed by atoms with Gasteiger partial charge >= 0.3 is 0 Å². The zero-order chi connectivity index (χ0) is 17.5. The normalized spacial score (nSPS) is 13.2. The number of benzene rings is 2. The molecule has 0 saturated heterocycles. The lowest BCUT2D eigenvalue weighted by Gasteiger charge is -2.25. The molecule has 0 spiro atoms. The molecule has 4 nitrogen and oxygen atoms in total. The Morgan fingerprint density at radius 2 is 1.75 bits per heavy atom. The van der Waals surface area contributed by atoms with E-state index >= 15 is 0 Å². The minimum Gasteiger partial charge on any atom is -0.491 e.